The normalized spacial score (nSPS) is 11.4. The molecule has 0 aliphatic rings. The summed E-state index contributed by atoms with van der Waals surface area (Å²) in [6.45, 7) is 5.91. The van der Waals surface area contributed by atoms with E-state index in [0.717, 1.165) is 28.9 Å². The fourth-order valence-electron chi connectivity index (χ4n) is 3.54. The predicted octanol–water partition coefficient (Wildman–Crippen LogP) is 6.09. The van der Waals surface area contributed by atoms with Crippen LogP contribution in [0.5, 0.6) is 0 Å². The van der Waals surface area contributed by atoms with Crippen LogP contribution in [0, 0.1) is 20.8 Å². The van der Waals surface area contributed by atoms with Crippen molar-refractivity contribution in [3.05, 3.63) is 94.4 Å². The minimum Gasteiger partial charge on any atom is -0.357 e. The number of rotatable bonds is 6. The number of carbonyl (C=O) groups excluding carboxylic acids is 1. The maximum absolute atomic E-state index is 12.9. The molecule has 180 valence electrons. The molecule has 0 fully saturated rings. The van der Waals surface area contributed by atoms with Crippen LogP contribution in [0.3, 0.4) is 0 Å². The topological polar surface area (TPSA) is 82.7 Å². The molecule has 2 heterocycles. The highest BCUT2D eigenvalue weighted by molar-refractivity contribution is 5.93. The van der Waals surface area contributed by atoms with Gasteiger partial charge >= 0.3 is 6.18 Å². The van der Waals surface area contributed by atoms with E-state index in [1.54, 1.807) is 18.5 Å². The van der Waals surface area contributed by atoms with Crippen LogP contribution in [-0.2, 0) is 12.7 Å². The minimum atomic E-state index is -4.43. The summed E-state index contributed by atoms with van der Waals surface area (Å²) in [6.07, 6.45) is -1.07. The van der Waals surface area contributed by atoms with Gasteiger partial charge in [0.05, 0.1) is 11.3 Å². The van der Waals surface area contributed by atoms with E-state index >= 15 is 0 Å². The number of nitrogens with zero attached hydrogens (tertiary/aromatic N) is 2. The monoisotopic (exact) mass is 479 g/mol. The van der Waals surface area contributed by atoms with Crippen LogP contribution in [0.4, 0.5) is 24.8 Å². The molecular formula is C26H24F3N5O. The Bertz CT molecular complexity index is 1380. The van der Waals surface area contributed by atoms with Crippen molar-refractivity contribution in [2.24, 2.45) is 0 Å². The highest BCUT2D eigenvalue weighted by atomic mass is 19.4. The van der Waals surface area contributed by atoms with Gasteiger partial charge in [-0.2, -0.15) is 13.2 Å². The van der Waals surface area contributed by atoms with Crippen molar-refractivity contribution in [2.75, 3.05) is 5.32 Å². The van der Waals surface area contributed by atoms with Crippen molar-refractivity contribution in [3.63, 3.8) is 0 Å². The number of halogens is 3. The van der Waals surface area contributed by atoms with E-state index in [1.165, 1.54) is 17.7 Å². The highest BCUT2D eigenvalue weighted by Crippen LogP contribution is 2.29. The van der Waals surface area contributed by atoms with Crippen molar-refractivity contribution in [2.45, 2.75) is 33.5 Å². The van der Waals surface area contributed by atoms with Gasteiger partial charge in [0.2, 0.25) is 5.95 Å². The first-order chi connectivity index (χ1) is 16.6. The van der Waals surface area contributed by atoms with Crippen molar-refractivity contribution >= 4 is 17.5 Å². The number of hydrogen-bond donors (Lipinski definition) is 3. The van der Waals surface area contributed by atoms with Gasteiger partial charge in [0.15, 0.2) is 0 Å². The summed E-state index contributed by atoms with van der Waals surface area (Å²) in [5.41, 5.74) is 5.24. The Labute approximate surface area is 200 Å². The number of carbonyl (C=O) groups is 1. The van der Waals surface area contributed by atoms with Crippen molar-refractivity contribution in [1.82, 2.24) is 20.3 Å². The molecule has 1 amide bonds. The van der Waals surface area contributed by atoms with Crippen molar-refractivity contribution in [3.8, 4) is 11.3 Å². The summed E-state index contributed by atoms with van der Waals surface area (Å²) < 4.78 is 38.7. The molecule has 0 radical (unpaired) electrons. The Hall–Kier alpha value is -4.14. The summed E-state index contributed by atoms with van der Waals surface area (Å²) in [7, 11) is 0. The lowest BCUT2D eigenvalue weighted by Crippen LogP contribution is -2.23. The predicted molar refractivity (Wildman–Crippen MR) is 128 cm³/mol. The maximum atomic E-state index is 12.9. The summed E-state index contributed by atoms with van der Waals surface area (Å²) >= 11 is 0. The molecule has 6 nitrogen and oxygen atoms in total. The Morgan fingerprint density at radius 1 is 1.00 bits per heavy atom. The molecule has 2 aromatic carbocycles. The molecule has 0 aliphatic carbocycles. The lowest BCUT2D eigenvalue weighted by Gasteiger charge is -2.10. The molecule has 0 saturated carbocycles. The van der Waals surface area contributed by atoms with Crippen LogP contribution in [0.2, 0.25) is 0 Å². The average molecular weight is 480 g/mol. The Morgan fingerprint density at radius 3 is 2.54 bits per heavy atom. The van der Waals surface area contributed by atoms with E-state index in [0.29, 0.717) is 22.8 Å². The summed E-state index contributed by atoms with van der Waals surface area (Å²) in [5.74, 6) is -0.0144. The Morgan fingerprint density at radius 2 is 1.80 bits per heavy atom. The molecule has 4 rings (SSSR count). The first-order valence-corrected chi connectivity index (χ1v) is 10.9. The fraction of sp³-hybridized carbons (Fsp3) is 0.192. The smallest absolute Gasteiger partial charge is 0.357 e. The van der Waals surface area contributed by atoms with E-state index in [-0.39, 0.29) is 12.2 Å². The minimum absolute atomic E-state index is 0.0341. The quantitative estimate of drug-likeness (QED) is 0.313. The van der Waals surface area contributed by atoms with Crippen LogP contribution >= 0.6 is 0 Å². The highest BCUT2D eigenvalue weighted by Gasteiger charge is 2.30. The second-order valence-electron chi connectivity index (χ2n) is 8.33. The number of aromatic nitrogens is 3. The number of anilines is 2. The van der Waals surface area contributed by atoms with E-state index in [4.69, 9.17) is 0 Å². The second-order valence-corrected chi connectivity index (χ2v) is 8.33. The number of aromatic amines is 1. The van der Waals surface area contributed by atoms with Crippen LogP contribution in [0.1, 0.15) is 38.3 Å². The van der Waals surface area contributed by atoms with Gasteiger partial charge in [0.25, 0.3) is 5.91 Å². The SMILES string of the molecule is Cc1ccc(Nc2ncc(C)c(-c3c[nH]c(C(=O)NCc4cccc(C(F)(F)F)c4)c3)n2)cc1C. The zero-order valence-corrected chi connectivity index (χ0v) is 19.4. The second kappa shape index (κ2) is 9.61. The van der Waals surface area contributed by atoms with E-state index in [9.17, 15) is 18.0 Å². The van der Waals surface area contributed by atoms with Gasteiger partial charge in [-0.25, -0.2) is 9.97 Å². The molecule has 9 heteroatoms. The number of benzene rings is 2. The van der Waals surface area contributed by atoms with E-state index < -0.39 is 17.6 Å². The first kappa shape index (κ1) is 24.0. The molecule has 4 aromatic rings. The third-order valence-corrected chi connectivity index (χ3v) is 5.64. The van der Waals surface area contributed by atoms with Crippen molar-refractivity contribution < 1.29 is 18.0 Å². The number of H-pyrrole nitrogens is 1. The van der Waals surface area contributed by atoms with Gasteiger partial charge in [-0.3, -0.25) is 4.79 Å². The molecule has 0 aliphatic heterocycles. The van der Waals surface area contributed by atoms with Gasteiger partial charge in [0.1, 0.15) is 5.69 Å². The number of hydrogen-bond acceptors (Lipinski definition) is 4. The maximum Gasteiger partial charge on any atom is 0.416 e. The number of nitrogens with one attached hydrogen (secondary N) is 3. The summed E-state index contributed by atoms with van der Waals surface area (Å²) in [6, 6.07) is 12.5. The summed E-state index contributed by atoms with van der Waals surface area (Å²) in [4.78, 5) is 24.5. The molecule has 0 spiro atoms. The molecule has 0 atom stereocenters. The standard InChI is InChI=1S/C26H24F3N5O/c1-15-7-8-21(9-16(15)2)33-25-32-12-17(3)23(34-25)19-11-22(30-14-19)24(35)31-13-18-5-4-6-20(10-18)26(27,28)29/h4-12,14,30H,13H2,1-3H3,(H,31,35)(H,32,33,34). The summed E-state index contributed by atoms with van der Waals surface area (Å²) in [5, 5.41) is 5.85. The van der Waals surface area contributed by atoms with Gasteiger partial charge in [-0.05, 0) is 73.4 Å². The number of amides is 1. The molecule has 2 aromatic heterocycles. The zero-order valence-electron chi connectivity index (χ0n) is 19.4. The number of aryl methyl sites for hydroxylation is 3. The van der Waals surface area contributed by atoms with Gasteiger partial charge in [-0.15, -0.1) is 0 Å². The molecule has 3 N–H and O–H groups in total. The van der Waals surface area contributed by atoms with Crippen LogP contribution < -0.4 is 10.6 Å². The number of alkyl halides is 3. The van der Waals surface area contributed by atoms with Gasteiger partial charge in [-0.1, -0.05) is 18.2 Å². The zero-order chi connectivity index (χ0) is 25.2. The Balaban J connectivity index is 1.47. The van der Waals surface area contributed by atoms with Crippen LogP contribution in [-0.4, -0.2) is 20.9 Å². The lowest BCUT2D eigenvalue weighted by molar-refractivity contribution is -0.137. The van der Waals surface area contributed by atoms with Crippen molar-refractivity contribution in [1.29, 1.82) is 0 Å². The van der Waals surface area contributed by atoms with Crippen LogP contribution in [0.15, 0.2) is 60.9 Å². The van der Waals surface area contributed by atoms with E-state index in [2.05, 4.69) is 25.6 Å². The third-order valence-electron chi connectivity index (χ3n) is 5.64. The molecule has 0 unspecified atom stereocenters. The van der Waals surface area contributed by atoms with Crippen LogP contribution in [0.25, 0.3) is 11.3 Å². The fourth-order valence-corrected chi connectivity index (χ4v) is 3.54. The molecule has 0 bridgehead atoms. The largest absolute Gasteiger partial charge is 0.416 e. The third kappa shape index (κ3) is 5.68. The van der Waals surface area contributed by atoms with Gasteiger partial charge < -0.3 is 15.6 Å². The van der Waals surface area contributed by atoms with E-state index in [1.807, 2.05) is 39.0 Å². The average Bonchev–Trinajstić information content (AvgIpc) is 3.31. The first-order valence-electron chi connectivity index (χ1n) is 10.9. The lowest BCUT2D eigenvalue weighted by atomic mass is 10.1. The molecular weight excluding hydrogens is 455 g/mol. The molecule has 0 saturated heterocycles. The van der Waals surface area contributed by atoms with Gasteiger partial charge in [0, 0.05) is 30.2 Å². The Kier molecular flexibility index (Phi) is 6.59. The molecule has 35 heavy (non-hydrogen) atoms.